The predicted octanol–water partition coefficient (Wildman–Crippen LogP) is 3.19. The van der Waals surface area contributed by atoms with Crippen LogP contribution < -0.4 is 10.1 Å². The third-order valence-corrected chi connectivity index (χ3v) is 4.61. The summed E-state index contributed by atoms with van der Waals surface area (Å²) in [5.74, 6) is -0.786. The molecule has 2 aromatic rings. The highest BCUT2D eigenvalue weighted by Gasteiger charge is 2.33. The molecule has 1 heterocycles. The lowest BCUT2D eigenvalue weighted by molar-refractivity contribution is -0.143. The van der Waals surface area contributed by atoms with E-state index in [1.807, 2.05) is 31.2 Å². The second kappa shape index (κ2) is 7.44. The molecule has 1 unspecified atom stereocenters. The molecule has 0 radical (unpaired) electrons. The molecule has 1 aromatic carbocycles. The van der Waals surface area contributed by atoms with Crippen LogP contribution >= 0.6 is 11.3 Å². The fourth-order valence-corrected chi connectivity index (χ4v) is 2.78. The Kier molecular flexibility index (Phi) is 5.56. The molecule has 2 rings (SSSR count). The number of carboxylic acid groups (broad SMARTS) is 1. The second-order valence-electron chi connectivity index (χ2n) is 5.44. The van der Waals surface area contributed by atoms with Crippen molar-refractivity contribution in [1.82, 2.24) is 10.3 Å². The van der Waals surface area contributed by atoms with Crippen LogP contribution in [0.25, 0.3) is 10.6 Å². The smallest absolute Gasteiger partial charge is 0.329 e. The van der Waals surface area contributed by atoms with Gasteiger partial charge in [-0.2, -0.15) is 0 Å². The van der Waals surface area contributed by atoms with Gasteiger partial charge in [0.15, 0.2) is 0 Å². The normalized spacial score (nSPS) is 13.1. The van der Waals surface area contributed by atoms with Crippen molar-refractivity contribution in [3.63, 3.8) is 0 Å². The van der Waals surface area contributed by atoms with E-state index in [1.165, 1.54) is 18.3 Å². The first-order valence-electron chi connectivity index (χ1n) is 7.64. The molecule has 128 valence electrons. The Labute approximate surface area is 144 Å². The van der Waals surface area contributed by atoms with Crippen molar-refractivity contribution in [2.24, 2.45) is 0 Å². The molecule has 1 atom stereocenters. The molecule has 0 fully saturated rings. The van der Waals surface area contributed by atoms with Gasteiger partial charge in [-0.25, -0.2) is 9.78 Å². The Morgan fingerprint density at radius 2 is 1.96 bits per heavy atom. The van der Waals surface area contributed by atoms with E-state index in [2.05, 4.69) is 10.3 Å². The van der Waals surface area contributed by atoms with Crippen molar-refractivity contribution in [3.8, 4) is 16.3 Å². The Morgan fingerprint density at radius 3 is 2.50 bits per heavy atom. The van der Waals surface area contributed by atoms with Gasteiger partial charge in [0.05, 0.1) is 6.61 Å². The fourth-order valence-electron chi connectivity index (χ4n) is 1.98. The number of thiazole rings is 1. The average Bonchev–Trinajstić information content (AvgIpc) is 3.05. The number of ether oxygens (including phenoxy) is 1. The van der Waals surface area contributed by atoms with Crippen molar-refractivity contribution >= 4 is 23.2 Å². The molecule has 0 bridgehead atoms. The summed E-state index contributed by atoms with van der Waals surface area (Å²) in [6.45, 7) is 5.70. The summed E-state index contributed by atoms with van der Waals surface area (Å²) in [4.78, 5) is 27.9. The summed E-state index contributed by atoms with van der Waals surface area (Å²) in [6, 6.07) is 7.44. The summed E-state index contributed by atoms with van der Waals surface area (Å²) in [5.41, 5.74) is -0.219. The highest BCUT2D eigenvalue weighted by molar-refractivity contribution is 7.13. The van der Waals surface area contributed by atoms with Crippen LogP contribution in [0.4, 0.5) is 0 Å². The molecule has 1 amide bonds. The Hall–Kier alpha value is -2.41. The van der Waals surface area contributed by atoms with E-state index in [0.717, 1.165) is 11.3 Å². The minimum atomic E-state index is -1.31. The molecule has 0 saturated carbocycles. The molecule has 0 aliphatic rings. The largest absolute Gasteiger partial charge is 0.494 e. The molecule has 0 aliphatic carbocycles. The number of aromatic nitrogens is 1. The molecular weight excluding hydrogens is 328 g/mol. The zero-order chi connectivity index (χ0) is 17.7. The van der Waals surface area contributed by atoms with Crippen molar-refractivity contribution < 1.29 is 19.4 Å². The van der Waals surface area contributed by atoms with Crippen LogP contribution in [0.5, 0.6) is 5.75 Å². The minimum Gasteiger partial charge on any atom is -0.494 e. The van der Waals surface area contributed by atoms with Crippen LogP contribution in [0, 0.1) is 0 Å². The first-order chi connectivity index (χ1) is 11.4. The monoisotopic (exact) mass is 348 g/mol. The van der Waals surface area contributed by atoms with Crippen LogP contribution in [-0.4, -0.2) is 34.1 Å². The molecule has 1 aromatic heterocycles. The van der Waals surface area contributed by atoms with Crippen molar-refractivity contribution in [2.45, 2.75) is 32.7 Å². The summed E-state index contributed by atoms with van der Waals surface area (Å²) in [6.07, 6.45) is 0.282. The third kappa shape index (κ3) is 3.91. The van der Waals surface area contributed by atoms with E-state index in [0.29, 0.717) is 11.6 Å². The first kappa shape index (κ1) is 17.9. The summed E-state index contributed by atoms with van der Waals surface area (Å²) >= 11 is 1.33. The van der Waals surface area contributed by atoms with Gasteiger partial charge in [0.2, 0.25) is 0 Å². The maximum Gasteiger partial charge on any atom is 0.329 e. The number of carbonyl (C=O) groups excluding carboxylic acids is 1. The number of hydrogen-bond donors (Lipinski definition) is 2. The first-order valence-corrected chi connectivity index (χ1v) is 8.52. The van der Waals surface area contributed by atoms with Gasteiger partial charge in [-0.15, -0.1) is 11.3 Å². The van der Waals surface area contributed by atoms with E-state index < -0.39 is 17.4 Å². The van der Waals surface area contributed by atoms with Crippen LogP contribution in [-0.2, 0) is 4.79 Å². The van der Waals surface area contributed by atoms with Gasteiger partial charge >= 0.3 is 5.97 Å². The quantitative estimate of drug-likeness (QED) is 0.802. The number of carbonyl (C=O) groups is 2. The molecule has 2 N–H and O–H groups in total. The number of nitrogens with one attached hydrogen (secondary N) is 1. The second-order valence-corrected chi connectivity index (χ2v) is 6.30. The van der Waals surface area contributed by atoms with Crippen LogP contribution in [0.2, 0.25) is 0 Å². The van der Waals surface area contributed by atoms with Gasteiger partial charge in [0.25, 0.3) is 5.91 Å². The Morgan fingerprint density at radius 1 is 1.29 bits per heavy atom. The zero-order valence-electron chi connectivity index (χ0n) is 13.8. The number of aliphatic carboxylic acids is 1. The van der Waals surface area contributed by atoms with Crippen molar-refractivity contribution in [1.29, 1.82) is 0 Å². The molecule has 7 heteroatoms. The fraction of sp³-hybridized carbons (Fsp3) is 0.353. The van der Waals surface area contributed by atoms with E-state index in [-0.39, 0.29) is 12.1 Å². The lowest BCUT2D eigenvalue weighted by Gasteiger charge is -2.23. The maximum atomic E-state index is 12.3. The van der Waals surface area contributed by atoms with Crippen LogP contribution in [0.15, 0.2) is 29.6 Å². The zero-order valence-corrected chi connectivity index (χ0v) is 14.6. The van der Waals surface area contributed by atoms with Crippen molar-refractivity contribution in [3.05, 3.63) is 35.3 Å². The number of carboxylic acids is 1. The molecule has 0 aliphatic heterocycles. The summed E-state index contributed by atoms with van der Waals surface area (Å²) in [7, 11) is 0. The van der Waals surface area contributed by atoms with E-state index in [1.54, 1.807) is 12.3 Å². The van der Waals surface area contributed by atoms with Gasteiger partial charge in [-0.1, -0.05) is 6.92 Å². The summed E-state index contributed by atoms with van der Waals surface area (Å²) < 4.78 is 5.39. The maximum absolute atomic E-state index is 12.3. The standard InChI is InChI=1S/C17H20N2O4S/c1-4-17(3,16(21)22)19-14(20)13-10-24-15(18-13)11-6-8-12(9-7-11)23-5-2/h6-10H,4-5H2,1-3H3,(H,19,20)(H,21,22). The molecule has 6 nitrogen and oxygen atoms in total. The summed E-state index contributed by atoms with van der Waals surface area (Å²) in [5, 5.41) is 14.1. The third-order valence-electron chi connectivity index (χ3n) is 3.72. The Bertz CT molecular complexity index is 726. The van der Waals surface area contributed by atoms with Gasteiger partial charge in [-0.3, -0.25) is 4.79 Å². The number of hydrogen-bond acceptors (Lipinski definition) is 5. The van der Waals surface area contributed by atoms with Gasteiger partial charge in [0, 0.05) is 10.9 Å². The predicted molar refractivity (Wildman–Crippen MR) is 92.5 cm³/mol. The van der Waals surface area contributed by atoms with E-state index in [4.69, 9.17) is 4.74 Å². The molecule has 0 spiro atoms. The van der Waals surface area contributed by atoms with Gasteiger partial charge in [0.1, 0.15) is 22.0 Å². The Balaban J connectivity index is 2.15. The molecule has 24 heavy (non-hydrogen) atoms. The lowest BCUT2D eigenvalue weighted by Crippen LogP contribution is -2.51. The highest BCUT2D eigenvalue weighted by Crippen LogP contribution is 2.26. The highest BCUT2D eigenvalue weighted by atomic mass is 32.1. The SMILES string of the molecule is CCOc1ccc(-c2nc(C(=O)NC(C)(CC)C(=O)O)cs2)cc1. The number of amides is 1. The van der Waals surface area contributed by atoms with Crippen molar-refractivity contribution in [2.75, 3.05) is 6.61 Å². The molecular formula is C17H20N2O4S. The number of rotatable bonds is 7. The van der Waals surface area contributed by atoms with Crippen LogP contribution in [0.3, 0.4) is 0 Å². The molecule has 0 saturated heterocycles. The van der Waals surface area contributed by atoms with Gasteiger partial charge < -0.3 is 15.2 Å². The average molecular weight is 348 g/mol. The lowest BCUT2D eigenvalue weighted by atomic mass is 9.99. The number of benzene rings is 1. The van der Waals surface area contributed by atoms with Gasteiger partial charge in [-0.05, 0) is 44.5 Å². The van der Waals surface area contributed by atoms with Crippen LogP contribution in [0.1, 0.15) is 37.7 Å². The topological polar surface area (TPSA) is 88.5 Å². The van der Waals surface area contributed by atoms with E-state index in [9.17, 15) is 14.7 Å². The minimum absolute atomic E-state index is 0.213. The van der Waals surface area contributed by atoms with E-state index >= 15 is 0 Å². The number of nitrogens with zero attached hydrogens (tertiary/aromatic N) is 1.